The lowest BCUT2D eigenvalue weighted by atomic mass is 9.87. The number of fused-ring (bicyclic) bond motifs is 1. The number of hydrogen-bond acceptors (Lipinski definition) is 2. The fourth-order valence-corrected chi connectivity index (χ4v) is 1.98. The van der Waals surface area contributed by atoms with E-state index in [1.165, 1.54) is 0 Å². The van der Waals surface area contributed by atoms with E-state index in [1.54, 1.807) is 0 Å². The van der Waals surface area contributed by atoms with Gasteiger partial charge in [-0.05, 0) is 19.4 Å². The molecule has 0 saturated carbocycles. The van der Waals surface area contributed by atoms with Crippen molar-refractivity contribution in [1.29, 1.82) is 0 Å². The van der Waals surface area contributed by atoms with Gasteiger partial charge >= 0.3 is 0 Å². The molecule has 1 aliphatic heterocycles. The second-order valence-corrected chi connectivity index (χ2v) is 4.25. The molecule has 1 aromatic carbocycles. The van der Waals surface area contributed by atoms with Gasteiger partial charge in [0.1, 0.15) is 11.4 Å². The number of rotatable bonds is 1. The zero-order chi connectivity index (χ0) is 10.2. The first-order valence-corrected chi connectivity index (χ1v) is 5.18. The fraction of sp³-hybridized carbons (Fsp3) is 0.500. The van der Waals surface area contributed by atoms with Gasteiger partial charge in [0.25, 0.3) is 0 Å². The van der Waals surface area contributed by atoms with Gasteiger partial charge in [0, 0.05) is 18.0 Å². The van der Waals surface area contributed by atoms with Crippen LogP contribution in [0.4, 0.5) is 0 Å². The summed E-state index contributed by atoms with van der Waals surface area (Å²) in [7, 11) is 0. The summed E-state index contributed by atoms with van der Waals surface area (Å²) in [6.45, 7) is 4.27. The first kappa shape index (κ1) is 9.53. The molecule has 2 heteroatoms. The third-order valence-electron chi connectivity index (χ3n) is 3.07. The van der Waals surface area contributed by atoms with Crippen molar-refractivity contribution in [2.24, 2.45) is 5.73 Å². The van der Waals surface area contributed by atoms with E-state index in [0.717, 1.165) is 24.2 Å². The molecule has 2 atom stereocenters. The Kier molecular flexibility index (Phi) is 2.23. The molecular formula is C12H17NO. The number of ether oxygens (including phenoxy) is 1. The van der Waals surface area contributed by atoms with E-state index >= 15 is 0 Å². The Bertz CT molecular complexity index is 337. The molecule has 0 fully saturated rings. The summed E-state index contributed by atoms with van der Waals surface area (Å²) in [5.74, 6) is 0.954. The van der Waals surface area contributed by atoms with E-state index in [9.17, 15) is 0 Å². The molecule has 1 heterocycles. The lowest BCUT2D eigenvalue weighted by molar-refractivity contribution is 0.0503. The molecule has 1 aromatic rings. The highest BCUT2D eigenvalue weighted by Crippen LogP contribution is 2.39. The van der Waals surface area contributed by atoms with Crippen LogP contribution in [0.1, 0.15) is 38.3 Å². The highest BCUT2D eigenvalue weighted by Gasteiger charge is 2.33. The molecule has 1 unspecified atom stereocenters. The molecule has 14 heavy (non-hydrogen) atoms. The Morgan fingerprint density at radius 3 is 2.93 bits per heavy atom. The van der Waals surface area contributed by atoms with Crippen molar-refractivity contribution in [3.8, 4) is 5.75 Å². The summed E-state index contributed by atoms with van der Waals surface area (Å²) in [6.07, 6.45) is 1.90. The van der Waals surface area contributed by atoms with Gasteiger partial charge in [-0.25, -0.2) is 0 Å². The number of para-hydroxylation sites is 1. The van der Waals surface area contributed by atoms with Crippen molar-refractivity contribution in [2.75, 3.05) is 0 Å². The summed E-state index contributed by atoms with van der Waals surface area (Å²) in [6, 6.07) is 8.17. The first-order valence-electron chi connectivity index (χ1n) is 5.18. The Hall–Kier alpha value is -1.02. The highest BCUT2D eigenvalue weighted by atomic mass is 16.5. The topological polar surface area (TPSA) is 35.2 Å². The van der Waals surface area contributed by atoms with Crippen LogP contribution >= 0.6 is 0 Å². The van der Waals surface area contributed by atoms with Gasteiger partial charge < -0.3 is 10.5 Å². The van der Waals surface area contributed by atoms with E-state index in [-0.39, 0.29) is 11.6 Å². The first-order chi connectivity index (χ1) is 6.64. The van der Waals surface area contributed by atoms with Crippen molar-refractivity contribution < 1.29 is 4.74 Å². The summed E-state index contributed by atoms with van der Waals surface area (Å²) in [5.41, 5.74) is 7.17. The summed E-state index contributed by atoms with van der Waals surface area (Å²) >= 11 is 0. The fourth-order valence-electron chi connectivity index (χ4n) is 1.98. The molecule has 2 rings (SSSR count). The second kappa shape index (κ2) is 3.28. The molecule has 1 aliphatic rings. The minimum Gasteiger partial charge on any atom is -0.487 e. The quantitative estimate of drug-likeness (QED) is 0.740. The zero-order valence-corrected chi connectivity index (χ0v) is 8.79. The van der Waals surface area contributed by atoms with Gasteiger partial charge in [-0.2, -0.15) is 0 Å². The predicted octanol–water partition coefficient (Wildman–Crippen LogP) is 2.64. The minimum absolute atomic E-state index is 0.0895. The molecule has 0 bridgehead atoms. The van der Waals surface area contributed by atoms with E-state index in [0.29, 0.717) is 0 Å². The highest BCUT2D eigenvalue weighted by molar-refractivity contribution is 5.38. The van der Waals surface area contributed by atoms with Gasteiger partial charge in [0.2, 0.25) is 0 Å². The third kappa shape index (κ3) is 1.50. The van der Waals surface area contributed by atoms with Crippen LogP contribution in [0, 0.1) is 0 Å². The predicted molar refractivity (Wildman–Crippen MR) is 57.3 cm³/mol. The van der Waals surface area contributed by atoms with Gasteiger partial charge in [-0.15, -0.1) is 0 Å². The van der Waals surface area contributed by atoms with Crippen LogP contribution in [0.2, 0.25) is 0 Å². The molecule has 0 aromatic heterocycles. The maximum atomic E-state index is 6.12. The van der Waals surface area contributed by atoms with E-state index in [1.807, 2.05) is 18.2 Å². The number of nitrogens with two attached hydrogens (primary N) is 1. The van der Waals surface area contributed by atoms with Crippen LogP contribution in [-0.2, 0) is 0 Å². The molecule has 2 N–H and O–H groups in total. The molecule has 0 saturated heterocycles. The lowest BCUT2D eigenvalue weighted by Gasteiger charge is -2.38. The zero-order valence-electron chi connectivity index (χ0n) is 8.79. The Balaban J connectivity index is 2.38. The average molecular weight is 191 g/mol. The number of benzene rings is 1. The van der Waals surface area contributed by atoms with Crippen molar-refractivity contribution in [2.45, 2.75) is 38.3 Å². The molecule has 0 amide bonds. The molecular weight excluding hydrogens is 174 g/mol. The Morgan fingerprint density at radius 2 is 2.21 bits per heavy atom. The third-order valence-corrected chi connectivity index (χ3v) is 3.07. The van der Waals surface area contributed by atoms with Crippen molar-refractivity contribution in [1.82, 2.24) is 0 Å². The summed E-state index contributed by atoms with van der Waals surface area (Å²) < 4.78 is 5.96. The average Bonchev–Trinajstić information content (AvgIpc) is 2.18. The van der Waals surface area contributed by atoms with Crippen molar-refractivity contribution in [3.63, 3.8) is 0 Å². The van der Waals surface area contributed by atoms with Crippen LogP contribution < -0.4 is 10.5 Å². The minimum atomic E-state index is -0.0895. The Morgan fingerprint density at radius 1 is 1.50 bits per heavy atom. The van der Waals surface area contributed by atoms with Crippen molar-refractivity contribution >= 4 is 0 Å². The normalized spacial score (nSPS) is 30.6. The smallest absolute Gasteiger partial charge is 0.124 e. The largest absolute Gasteiger partial charge is 0.487 e. The molecule has 0 spiro atoms. The van der Waals surface area contributed by atoms with Crippen LogP contribution in [0.25, 0.3) is 0 Å². The SMILES string of the molecule is CCC1(C)C[C@H](N)c2ccccc2O1. The van der Waals surface area contributed by atoms with E-state index in [4.69, 9.17) is 10.5 Å². The van der Waals surface area contributed by atoms with Gasteiger partial charge in [-0.1, -0.05) is 25.1 Å². The monoisotopic (exact) mass is 191 g/mol. The van der Waals surface area contributed by atoms with Crippen molar-refractivity contribution in [3.05, 3.63) is 29.8 Å². The molecule has 0 radical (unpaired) electrons. The maximum Gasteiger partial charge on any atom is 0.124 e. The van der Waals surface area contributed by atoms with Crippen LogP contribution in [-0.4, -0.2) is 5.60 Å². The Labute approximate surface area is 85.1 Å². The van der Waals surface area contributed by atoms with E-state index in [2.05, 4.69) is 19.9 Å². The molecule has 76 valence electrons. The maximum absolute atomic E-state index is 6.12. The van der Waals surface area contributed by atoms with Crippen LogP contribution in [0.5, 0.6) is 5.75 Å². The van der Waals surface area contributed by atoms with Crippen LogP contribution in [0.15, 0.2) is 24.3 Å². The summed E-state index contributed by atoms with van der Waals surface area (Å²) in [5, 5.41) is 0. The number of hydrogen-bond donors (Lipinski definition) is 1. The van der Waals surface area contributed by atoms with Gasteiger partial charge in [0.05, 0.1) is 0 Å². The summed E-state index contributed by atoms with van der Waals surface area (Å²) in [4.78, 5) is 0. The molecule has 2 nitrogen and oxygen atoms in total. The van der Waals surface area contributed by atoms with E-state index < -0.39 is 0 Å². The lowest BCUT2D eigenvalue weighted by Crippen LogP contribution is -2.39. The van der Waals surface area contributed by atoms with Gasteiger partial charge in [0.15, 0.2) is 0 Å². The van der Waals surface area contributed by atoms with Crippen LogP contribution in [0.3, 0.4) is 0 Å². The molecule has 0 aliphatic carbocycles. The standard InChI is InChI=1S/C12H17NO/c1-3-12(2)8-10(13)9-6-4-5-7-11(9)14-12/h4-7,10H,3,8,13H2,1-2H3/t10-,12?/m0/s1. The second-order valence-electron chi connectivity index (χ2n) is 4.25. The van der Waals surface area contributed by atoms with Gasteiger partial charge in [-0.3, -0.25) is 0 Å².